The summed E-state index contributed by atoms with van der Waals surface area (Å²) in [5.74, 6) is 4.96. The SMILES string of the molecule is C=CCc1cc(/N=N\N)ccc1C. The van der Waals surface area contributed by atoms with E-state index < -0.39 is 0 Å². The fourth-order valence-electron chi connectivity index (χ4n) is 1.16. The highest BCUT2D eigenvalue weighted by Gasteiger charge is 1.97. The molecule has 0 heterocycles. The van der Waals surface area contributed by atoms with Crippen LogP contribution in [0.4, 0.5) is 5.69 Å². The number of aryl methyl sites for hydroxylation is 1. The molecule has 0 bridgehead atoms. The summed E-state index contributed by atoms with van der Waals surface area (Å²) in [6.07, 6.45) is 2.71. The highest BCUT2D eigenvalue weighted by molar-refractivity contribution is 5.43. The second kappa shape index (κ2) is 4.40. The van der Waals surface area contributed by atoms with Crippen molar-refractivity contribution in [2.75, 3.05) is 0 Å². The molecule has 0 spiro atoms. The molecule has 3 heteroatoms. The van der Waals surface area contributed by atoms with Crippen LogP contribution in [0.3, 0.4) is 0 Å². The number of benzene rings is 1. The van der Waals surface area contributed by atoms with E-state index in [4.69, 9.17) is 5.84 Å². The minimum absolute atomic E-state index is 0.782. The Hall–Kier alpha value is -1.64. The van der Waals surface area contributed by atoms with Crippen molar-refractivity contribution >= 4 is 5.69 Å². The number of hydrogen-bond donors (Lipinski definition) is 1. The van der Waals surface area contributed by atoms with E-state index >= 15 is 0 Å². The molecule has 1 rings (SSSR count). The van der Waals surface area contributed by atoms with Gasteiger partial charge >= 0.3 is 0 Å². The van der Waals surface area contributed by atoms with Gasteiger partial charge in [0.05, 0.1) is 5.69 Å². The zero-order valence-corrected chi connectivity index (χ0v) is 7.70. The molecule has 13 heavy (non-hydrogen) atoms. The van der Waals surface area contributed by atoms with E-state index in [-0.39, 0.29) is 0 Å². The van der Waals surface area contributed by atoms with Crippen LogP contribution >= 0.6 is 0 Å². The van der Waals surface area contributed by atoms with Crippen molar-refractivity contribution in [3.8, 4) is 0 Å². The molecule has 0 radical (unpaired) electrons. The van der Waals surface area contributed by atoms with Crippen molar-refractivity contribution in [3.05, 3.63) is 42.0 Å². The lowest BCUT2D eigenvalue weighted by molar-refractivity contribution is 1.06. The molecule has 1 aromatic carbocycles. The smallest absolute Gasteiger partial charge is 0.0877 e. The highest BCUT2D eigenvalue weighted by Crippen LogP contribution is 2.18. The van der Waals surface area contributed by atoms with Crippen molar-refractivity contribution in [2.45, 2.75) is 13.3 Å². The van der Waals surface area contributed by atoms with Crippen LogP contribution in [0.2, 0.25) is 0 Å². The van der Waals surface area contributed by atoms with Gasteiger partial charge in [0.15, 0.2) is 0 Å². The fourth-order valence-corrected chi connectivity index (χ4v) is 1.16. The number of nitrogens with zero attached hydrogens (tertiary/aromatic N) is 2. The van der Waals surface area contributed by atoms with Gasteiger partial charge in [-0.2, -0.15) is 0 Å². The lowest BCUT2D eigenvalue weighted by atomic mass is 10.1. The Morgan fingerprint density at radius 1 is 1.54 bits per heavy atom. The van der Waals surface area contributed by atoms with E-state index in [1.807, 2.05) is 24.3 Å². The molecule has 68 valence electrons. The first kappa shape index (κ1) is 9.45. The Morgan fingerprint density at radius 3 is 2.92 bits per heavy atom. The van der Waals surface area contributed by atoms with E-state index in [0.29, 0.717) is 0 Å². The highest BCUT2D eigenvalue weighted by atomic mass is 15.3. The van der Waals surface area contributed by atoms with Crippen molar-refractivity contribution in [1.29, 1.82) is 0 Å². The maximum atomic E-state index is 4.96. The Balaban J connectivity index is 3.03. The van der Waals surface area contributed by atoms with Gasteiger partial charge < -0.3 is 5.84 Å². The van der Waals surface area contributed by atoms with E-state index in [1.54, 1.807) is 0 Å². The summed E-state index contributed by atoms with van der Waals surface area (Å²) in [7, 11) is 0. The van der Waals surface area contributed by atoms with Gasteiger partial charge in [-0.1, -0.05) is 17.4 Å². The van der Waals surface area contributed by atoms with Crippen LogP contribution in [-0.4, -0.2) is 0 Å². The summed E-state index contributed by atoms with van der Waals surface area (Å²) < 4.78 is 0. The molecule has 0 aliphatic carbocycles. The molecule has 1 aromatic rings. The second-order valence-electron chi connectivity index (χ2n) is 2.82. The maximum absolute atomic E-state index is 4.96. The van der Waals surface area contributed by atoms with Crippen molar-refractivity contribution in [1.82, 2.24) is 0 Å². The third-order valence-corrected chi connectivity index (χ3v) is 1.87. The molecule has 0 unspecified atom stereocenters. The zero-order valence-electron chi connectivity index (χ0n) is 7.70. The van der Waals surface area contributed by atoms with Gasteiger partial charge in [0, 0.05) is 0 Å². The quantitative estimate of drug-likeness (QED) is 0.326. The molecule has 3 nitrogen and oxygen atoms in total. The van der Waals surface area contributed by atoms with E-state index in [2.05, 4.69) is 23.8 Å². The predicted octanol–water partition coefficient (Wildman–Crippen LogP) is 2.68. The molecular weight excluding hydrogens is 162 g/mol. The summed E-state index contributed by atoms with van der Waals surface area (Å²) in [5, 5.41) is 7.00. The first-order valence-electron chi connectivity index (χ1n) is 4.09. The van der Waals surface area contributed by atoms with Crippen LogP contribution in [-0.2, 0) is 6.42 Å². The Morgan fingerprint density at radius 2 is 2.31 bits per heavy atom. The molecule has 0 atom stereocenters. The van der Waals surface area contributed by atoms with Crippen molar-refractivity contribution in [3.63, 3.8) is 0 Å². The summed E-state index contributed by atoms with van der Waals surface area (Å²) in [5.41, 5.74) is 3.22. The minimum atomic E-state index is 0.782. The summed E-state index contributed by atoms with van der Waals surface area (Å²) in [6, 6.07) is 5.86. The number of rotatable bonds is 3. The van der Waals surface area contributed by atoms with Gasteiger partial charge in [-0.05, 0) is 36.6 Å². The average molecular weight is 175 g/mol. The lowest BCUT2D eigenvalue weighted by Gasteiger charge is -2.02. The van der Waals surface area contributed by atoms with Crippen LogP contribution in [0.25, 0.3) is 0 Å². The van der Waals surface area contributed by atoms with Gasteiger partial charge in [-0.25, -0.2) is 0 Å². The van der Waals surface area contributed by atoms with E-state index in [9.17, 15) is 0 Å². The Bertz CT molecular complexity index is 329. The molecule has 0 aromatic heterocycles. The average Bonchev–Trinajstić information content (AvgIpc) is 2.12. The predicted molar refractivity (Wildman–Crippen MR) is 53.8 cm³/mol. The van der Waals surface area contributed by atoms with Gasteiger partial charge in [0.2, 0.25) is 0 Å². The topological polar surface area (TPSA) is 50.7 Å². The molecular formula is C10H13N3. The molecule has 0 saturated carbocycles. The number of allylic oxidation sites excluding steroid dienone is 1. The zero-order chi connectivity index (χ0) is 9.68. The lowest BCUT2D eigenvalue weighted by Crippen LogP contribution is -1.85. The van der Waals surface area contributed by atoms with Crippen molar-refractivity contribution in [2.24, 2.45) is 16.2 Å². The first-order valence-corrected chi connectivity index (χ1v) is 4.09. The molecule has 0 aliphatic heterocycles. The standard InChI is InChI=1S/C10H13N3/c1-3-4-9-7-10(12-13-11)6-5-8(9)2/h3,5-7H,1,4H2,2H3,(H2,11,12). The van der Waals surface area contributed by atoms with E-state index in [0.717, 1.165) is 12.1 Å². The Labute approximate surface area is 78.0 Å². The molecule has 0 amide bonds. The summed E-state index contributed by atoms with van der Waals surface area (Å²) >= 11 is 0. The third-order valence-electron chi connectivity index (χ3n) is 1.87. The van der Waals surface area contributed by atoms with Crippen LogP contribution in [0, 0.1) is 6.92 Å². The van der Waals surface area contributed by atoms with Crippen LogP contribution < -0.4 is 5.84 Å². The van der Waals surface area contributed by atoms with Crippen molar-refractivity contribution < 1.29 is 0 Å². The van der Waals surface area contributed by atoms with Gasteiger partial charge in [-0.15, -0.1) is 11.7 Å². The van der Waals surface area contributed by atoms with Crippen LogP contribution in [0.15, 0.2) is 41.2 Å². The molecule has 2 N–H and O–H groups in total. The molecule has 0 saturated heterocycles. The van der Waals surface area contributed by atoms with Crippen LogP contribution in [0.5, 0.6) is 0 Å². The van der Waals surface area contributed by atoms with E-state index in [1.165, 1.54) is 11.1 Å². The fraction of sp³-hybridized carbons (Fsp3) is 0.200. The molecule has 0 aliphatic rings. The van der Waals surface area contributed by atoms with Gasteiger partial charge in [-0.3, -0.25) is 0 Å². The number of nitrogens with two attached hydrogens (primary N) is 1. The summed E-state index contributed by atoms with van der Waals surface area (Å²) in [4.78, 5) is 0. The van der Waals surface area contributed by atoms with Crippen LogP contribution in [0.1, 0.15) is 11.1 Å². The van der Waals surface area contributed by atoms with Gasteiger partial charge in [0.25, 0.3) is 0 Å². The third kappa shape index (κ3) is 2.40. The maximum Gasteiger partial charge on any atom is 0.0877 e. The monoisotopic (exact) mass is 175 g/mol. The minimum Gasteiger partial charge on any atom is -0.305 e. The molecule has 0 fully saturated rings. The summed E-state index contributed by atoms with van der Waals surface area (Å²) in [6.45, 7) is 5.75. The second-order valence-corrected chi connectivity index (χ2v) is 2.82. The Kier molecular flexibility index (Phi) is 3.20. The first-order chi connectivity index (χ1) is 6.27. The normalized spacial score (nSPS) is 10.5. The van der Waals surface area contributed by atoms with Gasteiger partial charge in [0.1, 0.15) is 0 Å². The largest absolute Gasteiger partial charge is 0.305 e. The number of hydrogen-bond acceptors (Lipinski definition) is 2.